The zero-order valence-electron chi connectivity index (χ0n) is 25.6. The maximum Gasteiger partial charge on any atom is 0.267 e. The van der Waals surface area contributed by atoms with Crippen molar-refractivity contribution in [2.24, 2.45) is 0 Å². The van der Waals surface area contributed by atoms with Crippen molar-refractivity contribution in [3.8, 4) is 11.5 Å². The molecule has 2 aliphatic rings. The molecule has 7 nitrogen and oxygen atoms in total. The molecule has 49 heavy (non-hydrogen) atoms. The molecular formula is C40H24N2O5S2. The van der Waals surface area contributed by atoms with Crippen LogP contribution in [0, 0.1) is 0 Å². The van der Waals surface area contributed by atoms with Crippen molar-refractivity contribution in [3.63, 3.8) is 0 Å². The second-order valence-electron chi connectivity index (χ2n) is 11.2. The molecule has 6 aromatic rings. The number of rotatable bonds is 8. The van der Waals surface area contributed by atoms with E-state index < -0.39 is 0 Å². The van der Waals surface area contributed by atoms with E-state index in [9.17, 15) is 19.2 Å². The quantitative estimate of drug-likeness (QED) is 0.149. The molecule has 0 saturated heterocycles. The molecular weight excluding hydrogens is 653 g/mol. The van der Waals surface area contributed by atoms with E-state index in [1.165, 1.54) is 33.3 Å². The second kappa shape index (κ2) is 12.6. The molecule has 0 atom stereocenters. The Bertz CT molecular complexity index is 2280. The molecule has 0 spiro atoms. The minimum Gasteiger partial charge on any atom is -0.457 e. The maximum absolute atomic E-state index is 13.4. The third-order valence-electron chi connectivity index (χ3n) is 8.11. The lowest BCUT2D eigenvalue weighted by Crippen LogP contribution is -2.29. The zero-order chi connectivity index (χ0) is 33.5. The highest BCUT2D eigenvalue weighted by molar-refractivity contribution is 7.99. The molecule has 4 amide bonds. The van der Waals surface area contributed by atoms with E-state index >= 15 is 0 Å². The summed E-state index contributed by atoms with van der Waals surface area (Å²) in [6, 6.07) is 43.7. The van der Waals surface area contributed by atoms with Gasteiger partial charge in [-0.25, -0.2) is 9.80 Å². The van der Waals surface area contributed by atoms with E-state index in [1.54, 1.807) is 72.8 Å². The van der Waals surface area contributed by atoms with E-state index in [-0.39, 0.29) is 23.6 Å². The zero-order valence-corrected chi connectivity index (χ0v) is 27.2. The van der Waals surface area contributed by atoms with Gasteiger partial charge < -0.3 is 4.74 Å². The molecule has 236 valence electrons. The summed E-state index contributed by atoms with van der Waals surface area (Å²) >= 11 is 2.91. The third-order valence-corrected chi connectivity index (χ3v) is 10.2. The van der Waals surface area contributed by atoms with Gasteiger partial charge in [0.1, 0.15) is 11.5 Å². The molecule has 8 rings (SSSR count). The van der Waals surface area contributed by atoms with Crippen LogP contribution in [0.3, 0.4) is 0 Å². The summed E-state index contributed by atoms with van der Waals surface area (Å²) in [6.45, 7) is 0. The molecule has 0 aliphatic carbocycles. The number of nitrogens with zero attached hydrogens (tertiary/aromatic N) is 2. The average Bonchev–Trinajstić information content (AvgIpc) is 3.54. The summed E-state index contributed by atoms with van der Waals surface area (Å²) in [5.74, 6) is 0.00786. The molecule has 6 aromatic carbocycles. The Labute approximate surface area is 290 Å². The minimum absolute atomic E-state index is 0.318. The molecule has 2 aliphatic heterocycles. The number of amides is 4. The summed E-state index contributed by atoms with van der Waals surface area (Å²) < 4.78 is 6.09. The minimum atomic E-state index is -0.328. The lowest BCUT2D eigenvalue weighted by atomic mass is 10.1. The summed E-state index contributed by atoms with van der Waals surface area (Å²) in [5.41, 5.74) is 2.70. The maximum atomic E-state index is 13.4. The largest absolute Gasteiger partial charge is 0.457 e. The highest BCUT2D eigenvalue weighted by atomic mass is 32.2. The predicted molar refractivity (Wildman–Crippen MR) is 189 cm³/mol. The fourth-order valence-corrected chi connectivity index (χ4v) is 7.63. The number of hydrogen-bond acceptors (Lipinski definition) is 7. The van der Waals surface area contributed by atoms with Crippen LogP contribution in [-0.2, 0) is 0 Å². The first kappa shape index (κ1) is 30.4. The number of benzene rings is 6. The number of fused-ring (bicyclic) bond motifs is 2. The van der Waals surface area contributed by atoms with Gasteiger partial charge in [-0.1, -0.05) is 66.0 Å². The lowest BCUT2D eigenvalue weighted by Gasteiger charge is -2.13. The van der Waals surface area contributed by atoms with E-state index in [2.05, 4.69) is 0 Å². The molecule has 0 bridgehead atoms. The Morgan fingerprint density at radius 1 is 0.408 bits per heavy atom. The third kappa shape index (κ3) is 5.69. The van der Waals surface area contributed by atoms with Crippen molar-refractivity contribution < 1.29 is 23.9 Å². The fraction of sp³-hybridized carbons (Fsp3) is 0. The van der Waals surface area contributed by atoms with Crippen LogP contribution in [0.4, 0.5) is 11.4 Å². The number of carbonyl (C=O) groups is 4. The topological polar surface area (TPSA) is 84.0 Å². The normalized spacial score (nSPS) is 13.6. The lowest BCUT2D eigenvalue weighted by molar-refractivity contribution is 0.0910. The molecule has 2 heterocycles. The van der Waals surface area contributed by atoms with Crippen molar-refractivity contribution in [1.29, 1.82) is 0 Å². The Morgan fingerprint density at radius 2 is 0.918 bits per heavy atom. The smallest absolute Gasteiger partial charge is 0.267 e. The SMILES string of the molecule is O=C1c2ccc(Sc3ccc(Oc4ccc(Sc5cccc6c5C(=O)N(c5ccccc5)C6=O)cc4)cc3)cc2C(=O)N1c1ccccc1. The van der Waals surface area contributed by atoms with Gasteiger partial charge in [-0.2, -0.15) is 0 Å². The van der Waals surface area contributed by atoms with E-state index in [1.807, 2.05) is 72.8 Å². The van der Waals surface area contributed by atoms with Gasteiger partial charge in [0.15, 0.2) is 0 Å². The Balaban J connectivity index is 0.921. The summed E-state index contributed by atoms with van der Waals surface area (Å²) in [6.07, 6.45) is 0. The van der Waals surface area contributed by atoms with Crippen LogP contribution in [0.5, 0.6) is 11.5 Å². The summed E-state index contributed by atoms with van der Waals surface area (Å²) in [4.78, 5) is 58.4. The number of carbonyl (C=O) groups excluding carboxylic acids is 4. The van der Waals surface area contributed by atoms with E-state index in [0.717, 1.165) is 14.7 Å². The van der Waals surface area contributed by atoms with Gasteiger partial charge in [-0.15, -0.1) is 0 Å². The fourth-order valence-electron chi connectivity index (χ4n) is 5.80. The van der Waals surface area contributed by atoms with Crippen molar-refractivity contribution in [2.75, 3.05) is 9.80 Å². The average molecular weight is 677 g/mol. The van der Waals surface area contributed by atoms with Crippen molar-refractivity contribution >= 4 is 58.5 Å². The Hall–Kier alpha value is -5.90. The number of para-hydroxylation sites is 2. The molecule has 0 radical (unpaired) electrons. The van der Waals surface area contributed by atoms with Gasteiger partial charge in [0.2, 0.25) is 0 Å². The van der Waals surface area contributed by atoms with Gasteiger partial charge in [0, 0.05) is 19.6 Å². The molecule has 0 saturated carbocycles. The first-order valence-electron chi connectivity index (χ1n) is 15.3. The number of imide groups is 2. The molecule has 0 unspecified atom stereocenters. The molecule has 0 aromatic heterocycles. The van der Waals surface area contributed by atoms with Crippen LogP contribution in [-0.4, -0.2) is 23.6 Å². The highest BCUT2D eigenvalue weighted by Gasteiger charge is 2.39. The van der Waals surface area contributed by atoms with Crippen molar-refractivity contribution in [1.82, 2.24) is 0 Å². The van der Waals surface area contributed by atoms with Crippen LogP contribution in [0.2, 0.25) is 0 Å². The van der Waals surface area contributed by atoms with Gasteiger partial charge in [-0.3, -0.25) is 19.2 Å². The Kier molecular flexibility index (Phi) is 7.83. The Morgan fingerprint density at radius 3 is 1.53 bits per heavy atom. The summed E-state index contributed by atoms with van der Waals surface area (Å²) in [5, 5.41) is 0. The molecule has 9 heteroatoms. The first-order chi connectivity index (χ1) is 23.9. The van der Waals surface area contributed by atoms with E-state index in [4.69, 9.17) is 4.74 Å². The second-order valence-corrected chi connectivity index (χ2v) is 13.5. The molecule has 0 N–H and O–H groups in total. The predicted octanol–water partition coefficient (Wildman–Crippen LogP) is 9.38. The van der Waals surface area contributed by atoms with Crippen LogP contribution in [0.25, 0.3) is 0 Å². The van der Waals surface area contributed by atoms with Gasteiger partial charge in [-0.05, 0) is 103 Å². The number of anilines is 2. The van der Waals surface area contributed by atoms with E-state index in [0.29, 0.717) is 50.0 Å². The standard InChI is InChI=1S/C40H24N2O5S2/c43-37-32-23-22-31(24-34(32)39(45)41(37)25-8-3-1-4-9-25)48-29-18-14-27(15-19-29)47-28-16-20-30(21-17-28)49-35-13-7-12-33-36(35)40(46)42(38(33)44)26-10-5-2-6-11-26/h1-24H. The highest BCUT2D eigenvalue weighted by Crippen LogP contribution is 2.39. The first-order valence-corrected chi connectivity index (χ1v) is 17.0. The number of ether oxygens (including phenoxy) is 1. The summed E-state index contributed by atoms with van der Waals surface area (Å²) in [7, 11) is 0. The van der Waals surface area contributed by atoms with Gasteiger partial charge in [0.25, 0.3) is 23.6 Å². The van der Waals surface area contributed by atoms with Crippen LogP contribution < -0.4 is 14.5 Å². The van der Waals surface area contributed by atoms with Crippen LogP contribution >= 0.6 is 23.5 Å². The van der Waals surface area contributed by atoms with Gasteiger partial charge in [0.05, 0.1) is 33.6 Å². The van der Waals surface area contributed by atoms with Crippen molar-refractivity contribution in [2.45, 2.75) is 19.6 Å². The van der Waals surface area contributed by atoms with Crippen LogP contribution in [0.15, 0.2) is 165 Å². The number of hydrogen-bond donors (Lipinski definition) is 0. The van der Waals surface area contributed by atoms with Crippen LogP contribution in [0.1, 0.15) is 41.4 Å². The van der Waals surface area contributed by atoms with Crippen molar-refractivity contribution in [3.05, 3.63) is 168 Å². The molecule has 0 fully saturated rings. The van der Waals surface area contributed by atoms with Gasteiger partial charge >= 0.3 is 0 Å². The monoisotopic (exact) mass is 676 g/mol.